The Labute approximate surface area is 203 Å². The maximum atomic E-state index is 12.9. The summed E-state index contributed by atoms with van der Waals surface area (Å²) in [5.41, 5.74) is 1.11. The van der Waals surface area contributed by atoms with Crippen molar-refractivity contribution in [3.63, 3.8) is 0 Å². The molecule has 0 radical (unpaired) electrons. The Kier molecular flexibility index (Phi) is 7.77. The van der Waals surface area contributed by atoms with Gasteiger partial charge in [-0.05, 0) is 77.0 Å². The Bertz CT molecular complexity index is 1100. The molecule has 32 heavy (non-hydrogen) atoms. The van der Waals surface area contributed by atoms with Crippen molar-refractivity contribution in [1.29, 1.82) is 0 Å². The van der Waals surface area contributed by atoms with E-state index in [1.165, 1.54) is 18.2 Å². The molecule has 0 N–H and O–H groups in total. The molecule has 1 fully saturated rings. The van der Waals surface area contributed by atoms with E-state index in [9.17, 15) is 19.7 Å². The molecule has 1 aliphatic rings. The minimum absolute atomic E-state index is 0.0218. The van der Waals surface area contributed by atoms with Crippen molar-refractivity contribution in [2.45, 2.75) is 32.9 Å². The van der Waals surface area contributed by atoms with Crippen LogP contribution in [-0.4, -0.2) is 34.2 Å². The lowest BCUT2D eigenvalue weighted by molar-refractivity contribution is -0.384. The second-order valence-electron chi connectivity index (χ2n) is 7.07. The molecule has 1 heterocycles. The lowest BCUT2D eigenvalue weighted by atomic mass is 10.1. The Hall–Kier alpha value is -2.60. The largest absolute Gasteiger partial charge is 0.493 e. The van der Waals surface area contributed by atoms with E-state index in [4.69, 9.17) is 9.47 Å². The molecule has 3 rings (SSSR count). The van der Waals surface area contributed by atoms with E-state index in [-0.39, 0.29) is 23.2 Å². The molecule has 1 unspecified atom stereocenters. The second kappa shape index (κ2) is 10.3. The van der Waals surface area contributed by atoms with Gasteiger partial charge in [0.25, 0.3) is 16.8 Å². The van der Waals surface area contributed by atoms with Gasteiger partial charge in [0.15, 0.2) is 11.5 Å². The number of amides is 2. The molecular weight excluding hydrogens is 547 g/mol. The standard InChI is InChI=1S/C22H21IN2O6S/c1-4-13(2)31-20-17(23)9-15(10-18(20)30-3)11-19-21(26)24(22(27)32-19)12-14-6-5-7-16(8-14)25(28)29/h5-11,13H,4,12H2,1-3H3. The number of ether oxygens (including phenoxy) is 2. The fourth-order valence-corrected chi connectivity index (χ4v) is 4.55. The number of thioether (sulfide) groups is 1. The minimum Gasteiger partial charge on any atom is -0.493 e. The number of carbonyl (C=O) groups excluding carboxylic acids is 2. The van der Waals surface area contributed by atoms with Crippen LogP contribution in [0.1, 0.15) is 31.4 Å². The number of hydrogen-bond donors (Lipinski definition) is 0. The fourth-order valence-electron chi connectivity index (χ4n) is 2.96. The molecular formula is C22H21IN2O6S. The zero-order chi connectivity index (χ0) is 23.4. The average molecular weight is 568 g/mol. The zero-order valence-corrected chi connectivity index (χ0v) is 20.6. The van der Waals surface area contributed by atoms with Gasteiger partial charge in [-0.25, -0.2) is 0 Å². The van der Waals surface area contributed by atoms with Crippen LogP contribution in [0.25, 0.3) is 6.08 Å². The summed E-state index contributed by atoms with van der Waals surface area (Å²) < 4.78 is 12.2. The number of carbonyl (C=O) groups is 2. The van der Waals surface area contributed by atoms with Gasteiger partial charge < -0.3 is 9.47 Å². The number of nitro groups is 1. The fraction of sp³-hybridized carbons (Fsp3) is 0.273. The third kappa shape index (κ3) is 5.41. The molecule has 1 saturated heterocycles. The molecule has 1 atom stereocenters. The first kappa shape index (κ1) is 24.1. The van der Waals surface area contributed by atoms with E-state index >= 15 is 0 Å². The quantitative estimate of drug-likeness (QED) is 0.176. The van der Waals surface area contributed by atoms with Crippen molar-refractivity contribution < 1.29 is 24.0 Å². The van der Waals surface area contributed by atoms with Crippen molar-refractivity contribution in [2.75, 3.05) is 7.11 Å². The zero-order valence-electron chi connectivity index (χ0n) is 17.7. The topological polar surface area (TPSA) is 99.0 Å². The normalized spacial score (nSPS) is 15.9. The van der Waals surface area contributed by atoms with Crippen molar-refractivity contribution in [1.82, 2.24) is 4.90 Å². The molecule has 10 heteroatoms. The number of nitrogens with zero attached hydrogens (tertiary/aromatic N) is 2. The summed E-state index contributed by atoms with van der Waals surface area (Å²) in [4.78, 5) is 37.1. The van der Waals surface area contributed by atoms with E-state index in [1.807, 2.05) is 19.9 Å². The van der Waals surface area contributed by atoms with Crippen LogP contribution < -0.4 is 9.47 Å². The number of benzene rings is 2. The van der Waals surface area contributed by atoms with Crippen LogP contribution in [0.2, 0.25) is 0 Å². The number of non-ortho nitro benzene ring substituents is 1. The Morgan fingerprint density at radius 3 is 2.69 bits per heavy atom. The number of hydrogen-bond acceptors (Lipinski definition) is 7. The van der Waals surface area contributed by atoms with Gasteiger partial charge in [-0.3, -0.25) is 24.6 Å². The molecule has 0 aromatic heterocycles. The third-order valence-electron chi connectivity index (χ3n) is 4.78. The lowest BCUT2D eigenvalue weighted by Crippen LogP contribution is -2.27. The van der Waals surface area contributed by atoms with E-state index in [1.54, 1.807) is 25.3 Å². The molecule has 0 aliphatic carbocycles. The maximum absolute atomic E-state index is 12.9. The third-order valence-corrected chi connectivity index (χ3v) is 6.49. The smallest absolute Gasteiger partial charge is 0.293 e. The highest BCUT2D eigenvalue weighted by atomic mass is 127. The second-order valence-corrected chi connectivity index (χ2v) is 9.22. The van der Waals surface area contributed by atoms with Crippen molar-refractivity contribution in [3.05, 3.63) is 66.1 Å². The first-order chi connectivity index (χ1) is 15.2. The van der Waals surface area contributed by atoms with Gasteiger partial charge in [0.05, 0.1) is 33.2 Å². The maximum Gasteiger partial charge on any atom is 0.293 e. The van der Waals surface area contributed by atoms with Gasteiger partial charge in [-0.1, -0.05) is 19.1 Å². The number of halogens is 1. The first-order valence-corrected chi connectivity index (χ1v) is 11.7. The highest BCUT2D eigenvalue weighted by Gasteiger charge is 2.35. The van der Waals surface area contributed by atoms with E-state index < -0.39 is 16.1 Å². The van der Waals surface area contributed by atoms with Gasteiger partial charge in [-0.15, -0.1) is 0 Å². The molecule has 8 nitrogen and oxygen atoms in total. The molecule has 1 aliphatic heterocycles. The predicted molar refractivity (Wildman–Crippen MR) is 131 cm³/mol. The summed E-state index contributed by atoms with van der Waals surface area (Å²) in [6.07, 6.45) is 2.50. The highest BCUT2D eigenvalue weighted by Crippen LogP contribution is 2.38. The first-order valence-electron chi connectivity index (χ1n) is 9.76. The highest BCUT2D eigenvalue weighted by molar-refractivity contribution is 14.1. The molecule has 0 spiro atoms. The Morgan fingerprint density at radius 1 is 1.28 bits per heavy atom. The lowest BCUT2D eigenvalue weighted by Gasteiger charge is -2.17. The molecule has 2 aromatic rings. The minimum atomic E-state index is -0.513. The Balaban J connectivity index is 1.85. The number of methoxy groups -OCH3 is 1. The summed E-state index contributed by atoms with van der Waals surface area (Å²) in [6, 6.07) is 9.50. The van der Waals surface area contributed by atoms with Crippen LogP contribution in [0, 0.1) is 13.7 Å². The summed E-state index contributed by atoms with van der Waals surface area (Å²) in [7, 11) is 1.55. The van der Waals surface area contributed by atoms with Crippen molar-refractivity contribution in [2.24, 2.45) is 0 Å². The summed E-state index contributed by atoms with van der Waals surface area (Å²) in [6.45, 7) is 3.97. The molecule has 2 amide bonds. The monoisotopic (exact) mass is 568 g/mol. The van der Waals surface area contributed by atoms with Crippen molar-refractivity contribution >= 4 is 57.3 Å². The van der Waals surface area contributed by atoms with Gasteiger partial charge in [-0.2, -0.15) is 0 Å². The SMILES string of the molecule is CCC(C)Oc1c(I)cc(C=C2SC(=O)N(Cc3cccc([N+](=O)[O-])c3)C2=O)cc1OC. The van der Waals surface area contributed by atoms with Crippen LogP contribution in [0.3, 0.4) is 0 Å². The van der Waals surface area contributed by atoms with Gasteiger partial charge in [0, 0.05) is 12.1 Å². The van der Waals surface area contributed by atoms with Crippen LogP contribution in [-0.2, 0) is 11.3 Å². The number of rotatable bonds is 8. The average Bonchev–Trinajstić information content (AvgIpc) is 3.02. The number of imide groups is 1. The predicted octanol–water partition coefficient (Wildman–Crippen LogP) is 5.62. The molecule has 168 valence electrons. The van der Waals surface area contributed by atoms with Crippen LogP contribution >= 0.6 is 34.4 Å². The van der Waals surface area contributed by atoms with Crippen molar-refractivity contribution in [3.8, 4) is 11.5 Å². The molecule has 0 bridgehead atoms. The van der Waals surface area contributed by atoms with Gasteiger partial charge in [0.1, 0.15) is 0 Å². The molecule has 0 saturated carbocycles. The van der Waals surface area contributed by atoms with Crippen LogP contribution in [0.15, 0.2) is 41.3 Å². The van der Waals surface area contributed by atoms with Gasteiger partial charge >= 0.3 is 0 Å². The summed E-state index contributed by atoms with van der Waals surface area (Å²) in [5.74, 6) is 0.734. The summed E-state index contributed by atoms with van der Waals surface area (Å²) >= 11 is 2.98. The van der Waals surface area contributed by atoms with Gasteiger partial charge in [0.2, 0.25) is 0 Å². The van der Waals surface area contributed by atoms with Crippen LogP contribution in [0.4, 0.5) is 10.5 Å². The van der Waals surface area contributed by atoms with E-state index in [0.29, 0.717) is 22.6 Å². The number of nitro benzene ring substituents is 1. The Morgan fingerprint density at radius 2 is 2.03 bits per heavy atom. The molecule has 2 aromatic carbocycles. The van der Waals surface area contributed by atoms with E-state index in [0.717, 1.165) is 26.7 Å². The van der Waals surface area contributed by atoms with Crippen LogP contribution in [0.5, 0.6) is 11.5 Å². The summed E-state index contributed by atoms with van der Waals surface area (Å²) in [5, 5.41) is 10.6. The van der Waals surface area contributed by atoms with E-state index in [2.05, 4.69) is 22.6 Å².